The number of nitrogens with one attached hydrogen (secondary N) is 1. The van der Waals surface area contributed by atoms with E-state index in [0.717, 1.165) is 0 Å². The molecular weight excluding hydrogens is 194 g/mol. The van der Waals surface area contributed by atoms with E-state index in [-0.39, 0.29) is 0 Å². The number of H-pyrrole nitrogens is 1. The number of hydrogen-bond donors (Lipinski definition) is 1. The Kier molecular flexibility index (Phi) is 1.36. The molecule has 0 aliphatic heterocycles. The molecule has 0 aliphatic carbocycles. The highest BCUT2D eigenvalue weighted by Crippen LogP contribution is 2.33. The molecule has 0 fully saturated rings. The van der Waals surface area contributed by atoms with Gasteiger partial charge in [-0.15, -0.1) is 17.5 Å². The summed E-state index contributed by atoms with van der Waals surface area (Å²) in [5.41, 5.74) is 2.48. The molecule has 0 saturated heterocycles. The maximum Gasteiger partial charge on any atom is -0.0200 e. The smallest absolute Gasteiger partial charge is 0.0200 e. The second-order valence-corrected chi connectivity index (χ2v) is 4.19. The second-order valence-electron chi connectivity index (χ2n) is 4.19. The van der Waals surface area contributed by atoms with Crippen LogP contribution in [0.1, 0.15) is 0 Å². The Morgan fingerprint density at radius 1 is 0.875 bits per heavy atom. The average molecular weight is 204 g/mol. The molecule has 0 aliphatic rings. The van der Waals surface area contributed by atoms with Crippen molar-refractivity contribution in [3.63, 3.8) is 0 Å². The Morgan fingerprint density at radius 2 is 1.69 bits per heavy atom. The predicted molar refractivity (Wildman–Crippen MR) is 68.9 cm³/mol. The fourth-order valence-corrected chi connectivity index (χ4v) is 2.53. The van der Waals surface area contributed by atoms with Gasteiger partial charge in [-0.1, -0.05) is 58.6 Å². The molecule has 0 unspecified atom stereocenters. The molecule has 0 amide bonds. The summed E-state index contributed by atoms with van der Waals surface area (Å²) in [6.07, 6.45) is 0. The number of aromatic amines is 1. The molecule has 0 saturated carbocycles. The van der Waals surface area contributed by atoms with E-state index in [9.17, 15) is 0 Å². The number of benzene rings is 2. The average Bonchev–Trinajstić information content (AvgIpc) is 2.85. The number of aromatic nitrogens is 1. The Labute approximate surface area is 92.7 Å². The lowest BCUT2D eigenvalue weighted by Crippen LogP contribution is -1.67. The van der Waals surface area contributed by atoms with Crippen LogP contribution in [0.5, 0.6) is 0 Å². The van der Waals surface area contributed by atoms with Crippen molar-refractivity contribution in [1.29, 1.82) is 0 Å². The van der Waals surface area contributed by atoms with E-state index < -0.39 is 0 Å². The molecule has 4 aromatic rings. The van der Waals surface area contributed by atoms with Gasteiger partial charge in [-0.2, -0.15) is 0 Å². The summed E-state index contributed by atoms with van der Waals surface area (Å²) in [4.78, 5) is 3.50. The second kappa shape index (κ2) is 2.70. The highest BCUT2D eigenvalue weighted by molar-refractivity contribution is 6.20. The van der Waals surface area contributed by atoms with Crippen LogP contribution in [0.2, 0.25) is 0 Å². The number of para-hydroxylation sites is 1. The molecule has 1 nitrogen and oxygen atoms in total. The largest absolute Gasteiger partial charge is 0.399 e. The van der Waals surface area contributed by atoms with Crippen molar-refractivity contribution in [2.75, 3.05) is 0 Å². The molecule has 1 N–H and O–H groups in total. The molecule has 3 aromatic carbocycles. The maximum absolute atomic E-state index is 3.50. The summed E-state index contributed by atoms with van der Waals surface area (Å²) in [7, 11) is 0. The van der Waals surface area contributed by atoms with E-state index in [2.05, 4.69) is 59.6 Å². The van der Waals surface area contributed by atoms with Crippen LogP contribution in [0.15, 0.2) is 54.6 Å². The van der Waals surface area contributed by atoms with Gasteiger partial charge >= 0.3 is 0 Å². The minimum atomic E-state index is 1.22. The highest BCUT2D eigenvalue weighted by atomic mass is 14.7. The minimum Gasteiger partial charge on any atom is -0.399 e. The Bertz CT molecular complexity index is 732. The molecule has 0 spiro atoms. The lowest BCUT2D eigenvalue weighted by molar-refractivity contribution is 1.57. The molecule has 0 radical (unpaired) electrons. The van der Waals surface area contributed by atoms with Gasteiger partial charge in [0.2, 0.25) is 0 Å². The highest BCUT2D eigenvalue weighted by Gasteiger charge is 2.00. The van der Waals surface area contributed by atoms with E-state index in [4.69, 9.17) is 0 Å². The van der Waals surface area contributed by atoms with Crippen LogP contribution in [-0.4, -0.2) is 4.98 Å². The van der Waals surface area contributed by atoms with Crippen LogP contribution in [-0.2, 0) is 0 Å². The molecular formula is C15H10N-. The van der Waals surface area contributed by atoms with E-state index in [1.807, 2.05) is 0 Å². The quantitative estimate of drug-likeness (QED) is 0.413. The molecule has 4 rings (SSSR count). The Balaban J connectivity index is 2.35. The van der Waals surface area contributed by atoms with E-state index >= 15 is 0 Å². The molecule has 1 aromatic heterocycles. The monoisotopic (exact) mass is 204 g/mol. The van der Waals surface area contributed by atoms with Crippen molar-refractivity contribution in [2.45, 2.75) is 0 Å². The topological polar surface area (TPSA) is 15.8 Å². The van der Waals surface area contributed by atoms with Crippen LogP contribution in [0.4, 0.5) is 0 Å². The van der Waals surface area contributed by atoms with Crippen molar-refractivity contribution in [3.05, 3.63) is 54.6 Å². The van der Waals surface area contributed by atoms with Gasteiger partial charge in [0.05, 0.1) is 0 Å². The summed E-state index contributed by atoms with van der Waals surface area (Å²) in [6.45, 7) is 0. The van der Waals surface area contributed by atoms with Crippen molar-refractivity contribution in [2.24, 2.45) is 0 Å². The lowest BCUT2D eigenvalue weighted by Gasteiger charge is -1.95. The van der Waals surface area contributed by atoms with Gasteiger partial charge < -0.3 is 4.98 Å². The third kappa shape index (κ3) is 0.878. The van der Waals surface area contributed by atoms with Crippen LogP contribution < -0.4 is 0 Å². The third-order valence-electron chi connectivity index (χ3n) is 3.28. The zero-order valence-corrected chi connectivity index (χ0v) is 8.70. The van der Waals surface area contributed by atoms with Crippen molar-refractivity contribution >= 4 is 32.6 Å². The number of rotatable bonds is 0. The first-order valence-electron chi connectivity index (χ1n) is 5.48. The predicted octanol–water partition coefficient (Wildman–Crippen LogP) is 4.19. The van der Waals surface area contributed by atoms with Crippen molar-refractivity contribution < 1.29 is 0 Å². The van der Waals surface area contributed by atoms with Gasteiger partial charge in [0.25, 0.3) is 0 Å². The van der Waals surface area contributed by atoms with Gasteiger partial charge in [-0.25, -0.2) is 0 Å². The lowest BCUT2D eigenvalue weighted by atomic mass is 10.2. The molecule has 76 valence electrons. The number of fused-ring (bicyclic) bond motifs is 5. The van der Waals surface area contributed by atoms with Crippen LogP contribution >= 0.6 is 0 Å². The SMILES string of the molecule is c1ccc2c(c1)c[c-]1c3ccccc3[nH]c21. The molecule has 1 heterocycles. The van der Waals surface area contributed by atoms with Crippen LogP contribution in [0, 0.1) is 0 Å². The molecule has 0 atom stereocenters. The van der Waals surface area contributed by atoms with Crippen molar-refractivity contribution in [3.8, 4) is 0 Å². The third-order valence-corrected chi connectivity index (χ3v) is 3.28. The fraction of sp³-hybridized carbons (Fsp3) is 0. The Morgan fingerprint density at radius 3 is 2.69 bits per heavy atom. The fourth-order valence-electron chi connectivity index (χ4n) is 2.53. The van der Waals surface area contributed by atoms with Gasteiger partial charge in [-0.05, 0) is 11.0 Å². The van der Waals surface area contributed by atoms with Crippen LogP contribution in [0.25, 0.3) is 32.6 Å². The summed E-state index contributed by atoms with van der Waals surface area (Å²) in [5, 5.41) is 5.27. The van der Waals surface area contributed by atoms with Gasteiger partial charge in [0.1, 0.15) is 0 Å². The minimum absolute atomic E-state index is 1.22. The maximum atomic E-state index is 3.50. The normalized spacial score (nSPS) is 11.8. The summed E-state index contributed by atoms with van der Waals surface area (Å²) in [6, 6.07) is 19.2. The van der Waals surface area contributed by atoms with E-state index in [0.29, 0.717) is 0 Å². The molecule has 16 heavy (non-hydrogen) atoms. The Hall–Kier alpha value is -2.15. The van der Waals surface area contributed by atoms with Gasteiger partial charge in [0.15, 0.2) is 0 Å². The van der Waals surface area contributed by atoms with E-state index in [1.165, 1.54) is 32.6 Å². The zero-order valence-electron chi connectivity index (χ0n) is 8.70. The first kappa shape index (κ1) is 8.05. The van der Waals surface area contributed by atoms with E-state index in [1.54, 1.807) is 0 Å². The summed E-state index contributed by atoms with van der Waals surface area (Å²) < 4.78 is 0. The van der Waals surface area contributed by atoms with Crippen LogP contribution in [0.3, 0.4) is 0 Å². The standard InChI is InChI=1S/C15H10N/c1-2-6-11-10(5-1)9-13-12-7-3-4-8-14(12)16-15(11)13/h1-9,16H/q-1. The summed E-state index contributed by atoms with van der Waals surface area (Å²) in [5.74, 6) is 0. The van der Waals surface area contributed by atoms with Gasteiger partial charge in [0, 0.05) is 0 Å². The molecule has 1 heteroatoms. The number of hydrogen-bond acceptors (Lipinski definition) is 0. The summed E-state index contributed by atoms with van der Waals surface area (Å²) >= 11 is 0. The first-order valence-corrected chi connectivity index (χ1v) is 5.48. The first-order chi connectivity index (χ1) is 7.93. The zero-order chi connectivity index (χ0) is 10.5. The van der Waals surface area contributed by atoms with Gasteiger partial charge in [-0.3, -0.25) is 0 Å². The van der Waals surface area contributed by atoms with Crippen molar-refractivity contribution in [1.82, 2.24) is 4.98 Å². The molecule has 0 bridgehead atoms.